The predicted octanol–water partition coefficient (Wildman–Crippen LogP) is 1.94. The zero-order chi connectivity index (χ0) is 12.1. The van der Waals surface area contributed by atoms with Crippen LogP contribution in [0.1, 0.15) is 34.6 Å². The first kappa shape index (κ1) is 13.2. The van der Waals surface area contributed by atoms with Gasteiger partial charge >= 0.3 is 0 Å². The Morgan fingerprint density at radius 2 is 2.12 bits per heavy atom. The average molecular weight is 288 g/mol. The van der Waals surface area contributed by atoms with Crippen LogP contribution in [0.4, 0.5) is 0 Å². The van der Waals surface area contributed by atoms with Crippen LogP contribution in [-0.4, -0.2) is 27.6 Å². The third kappa shape index (κ3) is 3.07. The quantitative estimate of drug-likeness (QED) is 0.665. The fraction of sp³-hybridized carbons (Fsp3) is 0.636. The Hall–Kier alpha value is -0.840. The first-order valence-corrected chi connectivity index (χ1v) is 6.54. The molecule has 1 heterocycles. The molecule has 0 spiro atoms. The molecule has 4 nitrogen and oxygen atoms in total. The molecular weight excluding hydrogens is 270 g/mol. The summed E-state index contributed by atoms with van der Waals surface area (Å²) in [4.78, 5) is 11.9. The van der Waals surface area contributed by atoms with Crippen LogP contribution < -0.4 is 5.32 Å². The van der Waals surface area contributed by atoms with Gasteiger partial charge in [-0.25, -0.2) is 0 Å². The summed E-state index contributed by atoms with van der Waals surface area (Å²) in [6, 6.07) is 0. The van der Waals surface area contributed by atoms with Gasteiger partial charge in [-0.3, -0.25) is 9.48 Å². The first-order chi connectivity index (χ1) is 7.57. The lowest BCUT2D eigenvalue weighted by Crippen LogP contribution is -2.25. The minimum absolute atomic E-state index is 0.0160. The van der Waals surface area contributed by atoms with E-state index >= 15 is 0 Å². The van der Waals surface area contributed by atoms with Gasteiger partial charge in [-0.05, 0) is 26.7 Å². The van der Waals surface area contributed by atoms with Crippen LogP contribution in [0.25, 0.3) is 0 Å². The number of nitrogens with one attached hydrogen (secondary N) is 1. The highest BCUT2D eigenvalue weighted by Crippen LogP contribution is 2.11. The Morgan fingerprint density at radius 3 is 2.62 bits per heavy atom. The Bertz CT molecular complexity index is 374. The molecule has 0 saturated carbocycles. The van der Waals surface area contributed by atoms with Gasteiger partial charge in [-0.1, -0.05) is 15.9 Å². The summed E-state index contributed by atoms with van der Waals surface area (Å²) >= 11 is 3.36. The van der Waals surface area contributed by atoms with Gasteiger partial charge in [0.15, 0.2) is 0 Å². The van der Waals surface area contributed by atoms with Crippen molar-refractivity contribution in [3.63, 3.8) is 0 Å². The van der Waals surface area contributed by atoms with Crippen LogP contribution in [0.3, 0.4) is 0 Å². The number of rotatable bonds is 5. The number of hydrogen-bond donors (Lipinski definition) is 1. The standard InChI is InChI=1S/C11H18BrN3O/c1-8-10(9(2)15(3)14-8)11(16)13-7-5-4-6-12/h4-7H2,1-3H3,(H,13,16). The van der Waals surface area contributed by atoms with Crippen LogP contribution in [0, 0.1) is 13.8 Å². The summed E-state index contributed by atoms with van der Waals surface area (Å²) in [5, 5.41) is 8.12. The summed E-state index contributed by atoms with van der Waals surface area (Å²) in [7, 11) is 1.85. The van der Waals surface area contributed by atoms with Crippen molar-refractivity contribution in [3.8, 4) is 0 Å². The van der Waals surface area contributed by atoms with Gasteiger partial charge in [-0.2, -0.15) is 5.10 Å². The Balaban J connectivity index is 2.59. The molecule has 5 heteroatoms. The molecule has 0 aliphatic heterocycles. The molecule has 1 aromatic rings. The Morgan fingerprint density at radius 1 is 1.44 bits per heavy atom. The number of nitrogens with zero attached hydrogens (tertiary/aromatic N) is 2. The van der Waals surface area contributed by atoms with Gasteiger partial charge in [-0.15, -0.1) is 0 Å². The Kier molecular flexibility index (Phi) is 4.99. The van der Waals surface area contributed by atoms with Crippen molar-refractivity contribution < 1.29 is 4.79 Å². The van der Waals surface area contributed by atoms with Crippen molar-refractivity contribution in [2.24, 2.45) is 7.05 Å². The van der Waals surface area contributed by atoms with Gasteiger partial charge in [0, 0.05) is 24.6 Å². The van der Waals surface area contributed by atoms with E-state index < -0.39 is 0 Å². The van der Waals surface area contributed by atoms with Gasteiger partial charge in [0.1, 0.15) is 0 Å². The van der Waals surface area contributed by atoms with E-state index in [1.54, 1.807) is 4.68 Å². The van der Waals surface area contributed by atoms with Crippen molar-refractivity contribution in [1.82, 2.24) is 15.1 Å². The highest BCUT2D eigenvalue weighted by Gasteiger charge is 2.16. The number of carbonyl (C=O) groups is 1. The molecule has 0 unspecified atom stereocenters. The molecular formula is C11H18BrN3O. The number of alkyl halides is 1. The molecule has 0 aliphatic rings. The molecule has 0 saturated heterocycles. The monoisotopic (exact) mass is 287 g/mol. The molecule has 1 rings (SSSR count). The van der Waals surface area contributed by atoms with Crippen LogP contribution in [0.15, 0.2) is 0 Å². The van der Waals surface area contributed by atoms with E-state index in [2.05, 4.69) is 26.3 Å². The van der Waals surface area contributed by atoms with E-state index in [0.717, 1.165) is 36.1 Å². The van der Waals surface area contributed by atoms with Crippen molar-refractivity contribution >= 4 is 21.8 Å². The molecule has 0 atom stereocenters. The van der Waals surface area contributed by atoms with Gasteiger partial charge < -0.3 is 5.32 Å². The van der Waals surface area contributed by atoms with Crippen LogP contribution in [0.5, 0.6) is 0 Å². The lowest BCUT2D eigenvalue weighted by Gasteiger charge is -2.04. The number of unbranched alkanes of at least 4 members (excludes halogenated alkanes) is 1. The van der Waals surface area contributed by atoms with Crippen LogP contribution in [0.2, 0.25) is 0 Å². The van der Waals surface area contributed by atoms with Crippen molar-refractivity contribution in [1.29, 1.82) is 0 Å². The summed E-state index contributed by atoms with van der Waals surface area (Å²) in [6.07, 6.45) is 2.07. The second-order valence-electron chi connectivity index (χ2n) is 3.82. The summed E-state index contributed by atoms with van der Waals surface area (Å²) in [6.45, 7) is 4.49. The van der Waals surface area contributed by atoms with E-state index in [9.17, 15) is 4.79 Å². The summed E-state index contributed by atoms with van der Waals surface area (Å²) < 4.78 is 1.74. The van der Waals surface area contributed by atoms with Crippen LogP contribution in [-0.2, 0) is 7.05 Å². The average Bonchev–Trinajstić information content (AvgIpc) is 2.48. The molecule has 0 fully saturated rings. The predicted molar refractivity (Wildman–Crippen MR) is 68.0 cm³/mol. The van der Waals surface area contributed by atoms with E-state index in [1.807, 2.05) is 20.9 Å². The fourth-order valence-electron chi connectivity index (χ4n) is 1.61. The maximum absolute atomic E-state index is 11.9. The molecule has 1 aromatic heterocycles. The number of aryl methyl sites for hydroxylation is 2. The summed E-state index contributed by atoms with van der Waals surface area (Å²) in [5.41, 5.74) is 2.41. The highest BCUT2D eigenvalue weighted by molar-refractivity contribution is 9.09. The van der Waals surface area contributed by atoms with E-state index in [-0.39, 0.29) is 5.91 Å². The van der Waals surface area contributed by atoms with E-state index in [4.69, 9.17) is 0 Å². The minimum atomic E-state index is -0.0160. The fourth-order valence-corrected chi connectivity index (χ4v) is 2.01. The molecule has 0 bridgehead atoms. The number of amides is 1. The number of aromatic nitrogens is 2. The zero-order valence-corrected chi connectivity index (χ0v) is 11.6. The molecule has 0 aliphatic carbocycles. The molecule has 1 N–H and O–H groups in total. The van der Waals surface area contributed by atoms with E-state index in [0.29, 0.717) is 5.56 Å². The molecule has 1 amide bonds. The molecule has 0 aromatic carbocycles. The van der Waals surface area contributed by atoms with Gasteiger partial charge in [0.25, 0.3) is 5.91 Å². The number of hydrogen-bond acceptors (Lipinski definition) is 2. The third-order valence-electron chi connectivity index (χ3n) is 2.58. The van der Waals surface area contributed by atoms with E-state index in [1.165, 1.54) is 0 Å². The molecule has 0 radical (unpaired) electrons. The molecule has 16 heavy (non-hydrogen) atoms. The van der Waals surface area contributed by atoms with Crippen molar-refractivity contribution in [2.75, 3.05) is 11.9 Å². The maximum atomic E-state index is 11.9. The summed E-state index contributed by atoms with van der Waals surface area (Å²) in [5.74, 6) is -0.0160. The smallest absolute Gasteiger partial charge is 0.255 e. The Labute approximate surface area is 105 Å². The minimum Gasteiger partial charge on any atom is -0.352 e. The lowest BCUT2D eigenvalue weighted by molar-refractivity contribution is 0.0952. The SMILES string of the molecule is Cc1nn(C)c(C)c1C(=O)NCCCCBr. The molecule has 90 valence electrons. The first-order valence-electron chi connectivity index (χ1n) is 5.42. The number of carbonyl (C=O) groups excluding carboxylic acids is 1. The second kappa shape index (κ2) is 6.03. The zero-order valence-electron chi connectivity index (χ0n) is 10.0. The third-order valence-corrected chi connectivity index (χ3v) is 3.14. The normalized spacial score (nSPS) is 10.5. The highest BCUT2D eigenvalue weighted by atomic mass is 79.9. The lowest BCUT2D eigenvalue weighted by atomic mass is 10.2. The second-order valence-corrected chi connectivity index (χ2v) is 4.61. The topological polar surface area (TPSA) is 46.9 Å². The van der Waals surface area contributed by atoms with Gasteiger partial charge in [0.2, 0.25) is 0 Å². The van der Waals surface area contributed by atoms with Crippen LogP contribution >= 0.6 is 15.9 Å². The number of halogens is 1. The largest absolute Gasteiger partial charge is 0.352 e. The van der Waals surface area contributed by atoms with Crippen molar-refractivity contribution in [3.05, 3.63) is 17.0 Å². The van der Waals surface area contributed by atoms with Gasteiger partial charge in [0.05, 0.1) is 11.3 Å². The van der Waals surface area contributed by atoms with Crippen molar-refractivity contribution in [2.45, 2.75) is 26.7 Å². The maximum Gasteiger partial charge on any atom is 0.255 e.